The van der Waals surface area contributed by atoms with Gasteiger partial charge in [-0.15, -0.1) is 0 Å². The molecule has 3 heteroatoms. The van der Waals surface area contributed by atoms with Crippen LogP contribution in [0.5, 0.6) is 0 Å². The monoisotopic (exact) mass is 291 g/mol. The van der Waals surface area contributed by atoms with Crippen LogP contribution in [0.15, 0.2) is 61.1 Å². The molecule has 0 saturated heterocycles. The number of hydrogen-bond acceptors (Lipinski definition) is 2. The van der Waals surface area contributed by atoms with Crippen LogP contribution in [-0.4, -0.2) is 28.3 Å². The summed E-state index contributed by atoms with van der Waals surface area (Å²) < 4.78 is 2.16. The van der Waals surface area contributed by atoms with Gasteiger partial charge >= 0.3 is 0 Å². The molecular weight excluding hydrogens is 270 g/mol. The Kier molecular flexibility index (Phi) is 3.34. The highest BCUT2D eigenvalue weighted by atomic mass is 15.3. The van der Waals surface area contributed by atoms with Crippen molar-refractivity contribution in [3.63, 3.8) is 0 Å². The van der Waals surface area contributed by atoms with Gasteiger partial charge in [0.1, 0.15) is 0 Å². The average Bonchev–Trinajstić information content (AvgIpc) is 3.25. The molecule has 112 valence electrons. The normalized spacial score (nSPS) is 19.1. The average molecular weight is 291 g/mol. The fourth-order valence-electron chi connectivity index (χ4n) is 3.19. The van der Waals surface area contributed by atoms with Crippen LogP contribution in [0.3, 0.4) is 0 Å². The van der Waals surface area contributed by atoms with E-state index in [2.05, 4.69) is 76.6 Å². The lowest BCUT2D eigenvalue weighted by molar-refractivity contribution is 0.470. The minimum Gasteiger partial charge on any atom is -0.376 e. The third-order valence-corrected chi connectivity index (χ3v) is 4.48. The number of nitrogens with zero attached hydrogens (tertiary/aromatic N) is 3. The summed E-state index contributed by atoms with van der Waals surface area (Å²) in [5.41, 5.74) is 3.80. The zero-order chi connectivity index (χ0) is 14.9. The van der Waals surface area contributed by atoms with Gasteiger partial charge in [0, 0.05) is 37.1 Å². The van der Waals surface area contributed by atoms with Gasteiger partial charge in [0.05, 0.1) is 12.2 Å². The van der Waals surface area contributed by atoms with Crippen LogP contribution in [0.25, 0.3) is 5.57 Å². The second-order valence-electron chi connectivity index (χ2n) is 6.33. The number of hydrogen-bond donors (Lipinski definition) is 0. The maximum atomic E-state index is 4.68. The number of allylic oxidation sites excluding steroid dienone is 2. The summed E-state index contributed by atoms with van der Waals surface area (Å²) in [6.45, 7) is 0.979. The molecular formula is C19H21N3. The molecule has 0 N–H and O–H groups in total. The standard InChI is InChI=1S/C19H21N3/c1-21-11-5-8-17(13-21)18-12-20-22(14-18)19(16-9-10-16)15-6-3-2-4-7-15/h2-8,12-14,16,19H,9-11H2,1H3. The Bertz CT molecular complexity index is 707. The third-order valence-electron chi connectivity index (χ3n) is 4.48. The van der Waals surface area contributed by atoms with E-state index in [9.17, 15) is 0 Å². The lowest BCUT2D eigenvalue weighted by Crippen LogP contribution is -2.14. The minimum atomic E-state index is 0.376. The van der Waals surface area contributed by atoms with Gasteiger partial charge in [0.2, 0.25) is 0 Å². The van der Waals surface area contributed by atoms with Crippen molar-refractivity contribution in [1.82, 2.24) is 14.7 Å². The maximum Gasteiger partial charge on any atom is 0.0796 e. The first-order chi connectivity index (χ1) is 10.8. The summed E-state index contributed by atoms with van der Waals surface area (Å²) >= 11 is 0. The zero-order valence-corrected chi connectivity index (χ0v) is 12.9. The van der Waals surface area contributed by atoms with E-state index >= 15 is 0 Å². The predicted octanol–water partition coefficient (Wildman–Crippen LogP) is 3.73. The van der Waals surface area contributed by atoms with Gasteiger partial charge in [0.15, 0.2) is 0 Å². The fraction of sp³-hybridized carbons (Fsp3) is 0.316. The van der Waals surface area contributed by atoms with Crippen LogP contribution < -0.4 is 0 Å². The van der Waals surface area contributed by atoms with Crippen molar-refractivity contribution >= 4 is 5.57 Å². The molecule has 2 heterocycles. The molecule has 2 aromatic rings. The van der Waals surface area contributed by atoms with Gasteiger partial charge in [-0.05, 0) is 24.3 Å². The topological polar surface area (TPSA) is 21.1 Å². The summed E-state index contributed by atoms with van der Waals surface area (Å²) in [6.07, 6.45) is 13.4. The van der Waals surface area contributed by atoms with Gasteiger partial charge in [0.25, 0.3) is 0 Å². The van der Waals surface area contributed by atoms with Crippen LogP contribution in [0, 0.1) is 5.92 Å². The maximum absolute atomic E-state index is 4.68. The van der Waals surface area contributed by atoms with E-state index in [0.29, 0.717) is 6.04 Å². The van der Waals surface area contributed by atoms with Crippen LogP contribution >= 0.6 is 0 Å². The smallest absolute Gasteiger partial charge is 0.0796 e. The van der Waals surface area contributed by atoms with Gasteiger partial charge in [-0.3, -0.25) is 4.68 Å². The highest BCUT2D eigenvalue weighted by Crippen LogP contribution is 2.43. The number of benzene rings is 1. The molecule has 22 heavy (non-hydrogen) atoms. The Labute approximate surface area is 131 Å². The van der Waals surface area contributed by atoms with Gasteiger partial charge in [-0.2, -0.15) is 5.10 Å². The van der Waals surface area contributed by atoms with Gasteiger partial charge in [-0.1, -0.05) is 42.5 Å². The first-order valence-electron chi connectivity index (χ1n) is 7.99. The molecule has 0 radical (unpaired) electrons. The molecule has 1 atom stereocenters. The second-order valence-corrected chi connectivity index (χ2v) is 6.33. The first-order valence-corrected chi connectivity index (χ1v) is 7.99. The molecule has 1 aliphatic carbocycles. The molecule has 0 bridgehead atoms. The Hall–Kier alpha value is -2.29. The fourth-order valence-corrected chi connectivity index (χ4v) is 3.19. The molecule has 1 unspecified atom stereocenters. The quantitative estimate of drug-likeness (QED) is 0.856. The number of aromatic nitrogens is 2. The first kappa shape index (κ1) is 13.4. The molecule has 1 saturated carbocycles. The summed E-state index contributed by atoms with van der Waals surface area (Å²) in [5, 5.41) is 4.68. The van der Waals surface area contributed by atoms with Crippen LogP contribution in [0.2, 0.25) is 0 Å². The SMILES string of the molecule is CN1C=C(c2cnn(C(c3ccccc3)C3CC3)c2)C=CC1. The summed E-state index contributed by atoms with van der Waals surface area (Å²) in [5.74, 6) is 0.730. The van der Waals surface area contributed by atoms with Crippen molar-refractivity contribution < 1.29 is 0 Å². The van der Waals surface area contributed by atoms with Crippen LogP contribution in [0.1, 0.15) is 30.0 Å². The van der Waals surface area contributed by atoms with Crippen molar-refractivity contribution in [2.24, 2.45) is 5.92 Å². The minimum absolute atomic E-state index is 0.376. The Morgan fingerprint density at radius 3 is 2.73 bits per heavy atom. The lowest BCUT2D eigenvalue weighted by Gasteiger charge is -2.18. The molecule has 2 aliphatic rings. The molecule has 0 spiro atoms. The zero-order valence-electron chi connectivity index (χ0n) is 12.9. The lowest BCUT2D eigenvalue weighted by atomic mass is 10.0. The highest BCUT2D eigenvalue weighted by Gasteiger charge is 2.34. The summed E-state index contributed by atoms with van der Waals surface area (Å²) in [7, 11) is 2.10. The van der Waals surface area contributed by atoms with Crippen LogP contribution in [-0.2, 0) is 0 Å². The van der Waals surface area contributed by atoms with Crippen LogP contribution in [0.4, 0.5) is 0 Å². The van der Waals surface area contributed by atoms with E-state index in [0.717, 1.165) is 12.5 Å². The Morgan fingerprint density at radius 1 is 1.18 bits per heavy atom. The van der Waals surface area contributed by atoms with Gasteiger partial charge in [-0.25, -0.2) is 0 Å². The van der Waals surface area contributed by atoms with Crippen molar-refractivity contribution in [2.75, 3.05) is 13.6 Å². The van der Waals surface area contributed by atoms with E-state index in [1.807, 2.05) is 6.20 Å². The van der Waals surface area contributed by atoms with E-state index in [1.165, 1.54) is 29.5 Å². The van der Waals surface area contributed by atoms with E-state index < -0.39 is 0 Å². The van der Waals surface area contributed by atoms with Gasteiger partial charge < -0.3 is 4.90 Å². The summed E-state index contributed by atoms with van der Waals surface area (Å²) in [4.78, 5) is 2.20. The second kappa shape index (κ2) is 5.48. The Balaban J connectivity index is 1.66. The summed E-state index contributed by atoms with van der Waals surface area (Å²) in [6, 6.07) is 11.1. The van der Waals surface area contributed by atoms with Crippen molar-refractivity contribution in [3.8, 4) is 0 Å². The molecule has 1 fully saturated rings. The number of likely N-dealkylation sites (N-methyl/N-ethyl adjacent to an activating group) is 1. The molecule has 0 amide bonds. The van der Waals surface area contributed by atoms with E-state index in [4.69, 9.17) is 0 Å². The molecule has 1 aromatic carbocycles. The van der Waals surface area contributed by atoms with E-state index in [-0.39, 0.29) is 0 Å². The Morgan fingerprint density at radius 2 is 2.00 bits per heavy atom. The molecule has 3 nitrogen and oxygen atoms in total. The molecule has 1 aliphatic heterocycles. The highest BCUT2D eigenvalue weighted by molar-refractivity contribution is 5.73. The van der Waals surface area contributed by atoms with E-state index in [1.54, 1.807) is 0 Å². The third kappa shape index (κ3) is 2.59. The predicted molar refractivity (Wildman–Crippen MR) is 89.3 cm³/mol. The van der Waals surface area contributed by atoms with Crippen molar-refractivity contribution in [2.45, 2.75) is 18.9 Å². The largest absolute Gasteiger partial charge is 0.376 e. The number of rotatable bonds is 4. The van der Waals surface area contributed by atoms with Crippen molar-refractivity contribution in [1.29, 1.82) is 0 Å². The molecule has 4 rings (SSSR count). The van der Waals surface area contributed by atoms with Crippen molar-refractivity contribution in [3.05, 3.63) is 72.2 Å². The molecule has 1 aromatic heterocycles.